The van der Waals surface area contributed by atoms with Crippen molar-refractivity contribution >= 4 is 24.7 Å². The summed E-state index contributed by atoms with van der Waals surface area (Å²) in [5.74, 6) is 0.0398. The van der Waals surface area contributed by atoms with Gasteiger partial charge in [0.15, 0.2) is 18.7 Å². The molecule has 7 aromatic carbocycles. The molecule has 2 fully saturated rings. The normalized spacial score (nSPS) is 22.9. The van der Waals surface area contributed by atoms with Crippen LogP contribution in [0.3, 0.4) is 0 Å². The van der Waals surface area contributed by atoms with E-state index in [-0.39, 0.29) is 39.6 Å². The molecule has 0 saturated carbocycles. The van der Waals surface area contributed by atoms with Gasteiger partial charge < -0.3 is 51.8 Å². The maximum absolute atomic E-state index is 14.4. The van der Waals surface area contributed by atoms with E-state index in [4.69, 9.17) is 51.8 Å². The average molecular weight is 1150 g/mol. The molecule has 0 spiro atoms. The third kappa shape index (κ3) is 15.5. The predicted molar refractivity (Wildman–Crippen MR) is 323 cm³/mol. The van der Waals surface area contributed by atoms with E-state index in [2.05, 4.69) is 61.6 Å². The van der Waals surface area contributed by atoms with Gasteiger partial charge in [-0.3, -0.25) is 0 Å². The fourth-order valence-corrected chi connectivity index (χ4v) is 15.4. The first-order valence-corrected chi connectivity index (χ1v) is 30.4. The average Bonchev–Trinajstić information content (AvgIpc) is 2.85. The van der Waals surface area contributed by atoms with Crippen molar-refractivity contribution < 1.29 is 56.6 Å². The summed E-state index contributed by atoms with van der Waals surface area (Å²) in [5, 5.41) is 6.17. The van der Waals surface area contributed by atoms with E-state index in [0.29, 0.717) is 11.3 Å². The third-order valence-electron chi connectivity index (χ3n) is 15.1. The Morgan fingerprint density at radius 3 is 1.57 bits per heavy atom. The second-order valence-electron chi connectivity index (χ2n) is 21.8. The van der Waals surface area contributed by atoms with Crippen LogP contribution in [0.25, 0.3) is 10.4 Å². The molecule has 0 aromatic heterocycles. The third-order valence-corrected chi connectivity index (χ3v) is 20.1. The topological polar surface area (TPSA) is 167 Å². The molecule has 0 bridgehead atoms. The van der Waals surface area contributed by atoms with Gasteiger partial charge in [-0.2, -0.15) is 0 Å². The quantitative estimate of drug-likeness (QED) is 0.0120. The van der Waals surface area contributed by atoms with Crippen LogP contribution in [-0.2, 0) is 73.5 Å². The van der Waals surface area contributed by atoms with Crippen LogP contribution in [0, 0.1) is 0 Å². The summed E-state index contributed by atoms with van der Waals surface area (Å²) < 4.78 is 75.8. The van der Waals surface area contributed by atoms with Gasteiger partial charge in [-0.15, -0.1) is 6.58 Å². The van der Waals surface area contributed by atoms with E-state index in [9.17, 15) is 10.3 Å². The van der Waals surface area contributed by atoms with Crippen molar-refractivity contribution in [2.24, 2.45) is 5.11 Å². The Morgan fingerprint density at radius 2 is 1.06 bits per heavy atom. The van der Waals surface area contributed by atoms with Crippen LogP contribution in [0.4, 0.5) is 0 Å². The Labute approximate surface area is 494 Å². The zero-order valence-electron chi connectivity index (χ0n) is 48.2. The molecule has 0 amide bonds. The van der Waals surface area contributed by atoms with E-state index in [1.54, 1.807) is 37.5 Å². The highest BCUT2D eigenvalue weighted by Gasteiger charge is 2.57. The number of benzene rings is 7. The smallest absolute Gasteiger partial charge is 0.338 e. The van der Waals surface area contributed by atoms with Crippen molar-refractivity contribution in [3.05, 3.63) is 257 Å². The zero-order valence-corrected chi connectivity index (χ0v) is 49.2. The van der Waals surface area contributed by atoms with Gasteiger partial charge in [0.2, 0.25) is 0 Å². The second kappa shape index (κ2) is 30.0. The minimum atomic E-state index is -3.27. The molecule has 7 aromatic rings. The lowest BCUT2D eigenvalue weighted by atomic mass is 9.95. The van der Waals surface area contributed by atoms with Crippen molar-refractivity contribution in [3.8, 4) is 5.75 Å². The molecule has 0 N–H and O–H groups in total. The zero-order chi connectivity index (χ0) is 58.7. The molecular weight excluding hydrogens is 1080 g/mol. The molecule has 0 radical (unpaired) electrons. The summed E-state index contributed by atoms with van der Waals surface area (Å²) in [4.78, 5) is 17.9. The van der Waals surface area contributed by atoms with Gasteiger partial charge >= 0.3 is 5.97 Å². The first-order valence-electron chi connectivity index (χ1n) is 28.4. The highest BCUT2D eigenvalue weighted by Crippen LogP contribution is 2.40. The number of azide groups is 1. The van der Waals surface area contributed by atoms with Crippen LogP contribution in [-0.4, -0.2) is 102 Å². The van der Waals surface area contributed by atoms with Gasteiger partial charge in [0, 0.05) is 4.91 Å². The fraction of sp³-hybridized carbons (Fsp3) is 0.338. The highest BCUT2D eigenvalue weighted by atomic mass is 28.4. The molecule has 11 atom stereocenters. The summed E-state index contributed by atoms with van der Waals surface area (Å²) in [6.45, 7) is 12.8. The molecule has 2 heterocycles. The standard InChI is InChI=1S/C68H75N3O12Si/c1-7-48(2)79-67-64(82-65(72)53-32-20-11-21-33-53)63(77-44-51-30-18-10-19-31-51)61(57(81-67)46-74-42-49-26-14-8-15-27-49)83-66-59(70-71-69)62(76-43-50-28-16-9-17-29-50)60(75-45-52-38-40-54(73-6)41-39-52)58(80-66)47-78-84(68(3,4)5,55-34-22-12-23-35-55)56-36-24-13-25-37-56/h7-41,48,57-64,66-67H,1,42-47H2,2-6H3/t48?,57-,58-,59-,60-,61-,62-,63+,64-,66-,67-/m1/s1. The number of hydrogen-bond acceptors (Lipinski definition) is 13. The maximum Gasteiger partial charge on any atom is 0.338 e. The molecule has 2 aliphatic rings. The van der Waals surface area contributed by atoms with Crippen LogP contribution < -0.4 is 15.1 Å². The molecule has 15 nitrogen and oxygen atoms in total. The monoisotopic (exact) mass is 1150 g/mol. The maximum atomic E-state index is 14.4. The van der Waals surface area contributed by atoms with E-state index in [1.165, 1.54) is 0 Å². The van der Waals surface area contributed by atoms with Gasteiger partial charge in [-0.25, -0.2) is 4.79 Å². The molecule has 1 unspecified atom stereocenters. The van der Waals surface area contributed by atoms with Crippen molar-refractivity contribution in [1.82, 2.24) is 0 Å². The molecule has 84 heavy (non-hydrogen) atoms. The summed E-state index contributed by atoms with van der Waals surface area (Å²) in [6.07, 6.45) is -9.17. The molecule has 16 heteroatoms. The predicted octanol–water partition coefficient (Wildman–Crippen LogP) is 11.9. The number of nitrogens with zero attached hydrogens (tertiary/aromatic N) is 3. The second-order valence-corrected chi connectivity index (χ2v) is 26.1. The number of esters is 1. The van der Waals surface area contributed by atoms with Crippen molar-refractivity contribution in [3.63, 3.8) is 0 Å². The Kier molecular flexibility index (Phi) is 21.9. The summed E-state index contributed by atoms with van der Waals surface area (Å²) in [5.41, 5.74) is 14.5. The summed E-state index contributed by atoms with van der Waals surface area (Å²) in [6, 6.07) is 64.8. The lowest BCUT2D eigenvalue weighted by Gasteiger charge is -2.50. The van der Waals surface area contributed by atoms with Crippen LogP contribution in [0.1, 0.15) is 60.3 Å². The van der Waals surface area contributed by atoms with Crippen LogP contribution >= 0.6 is 0 Å². The van der Waals surface area contributed by atoms with Crippen LogP contribution in [0.2, 0.25) is 5.04 Å². The SMILES string of the molecule is C=CC(C)O[C@@H]1O[C@H](COCc2ccccc2)[C@@H](O[C@H]2O[C@H](CO[Si](c3ccccc3)(c3ccccc3)C(C)(C)C)[C@@H](OCc3ccc(OC)cc3)[C@H](OCc3ccccc3)[C@H]2N=[N+]=[N-])[C@H](OCc2ccccc2)[C@H]1OC(=O)c1ccccc1. The molecule has 438 valence electrons. The van der Waals surface area contributed by atoms with Gasteiger partial charge in [0.25, 0.3) is 8.32 Å². The molecule has 0 aliphatic carbocycles. The molecule has 9 rings (SSSR count). The van der Waals surface area contributed by atoms with Crippen LogP contribution in [0.5, 0.6) is 5.75 Å². The number of ether oxygens (including phenoxy) is 10. The summed E-state index contributed by atoms with van der Waals surface area (Å²) in [7, 11) is -1.66. The van der Waals surface area contributed by atoms with Crippen LogP contribution in [0.15, 0.2) is 224 Å². The Balaban J connectivity index is 1.18. The first kappa shape index (κ1) is 61.3. The number of rotatable bonds is 27. The van der Waals surface area contributed by atoms with Crippen molar-refractivity contribution in [2.75, 3.05) is 20.3 Å². The fourth-order valence-electron chi connectivity index (χ4n) is 10.8. The van der Waals surface area contributed by atoms with E-state index >= 15 is 0 Å². The van der Waals surface area contributed by atoms with E-state index in [0.717, 1.165) is 32.6 Å². The minimum absolute atomic E-state index is 0.0278. The lowest BCUT2D eigenvalue weighted by molar-refractivity contribution is -0.356. The van der Waals surface area contributed by atoms with Gasteiger partial charge in [0.05, 0.1) is 58.4 Å². The molecule has 2 aliphatic heterocycles. The van der Waals surface area contributed by atoms with Gasteiger partial charge in [-0.1, -0.05) is 214 Å². The molecular formula is C68H75N3O12Si. The van der Waals surface area contributed by atoms with Crippen molar-refractivity contribution in [1.29, 1.82) is 0 Å². The Bertz CT molecular complexity index is 3100. The first-order chi connectivity index (χ1) is 41.0. The van der Waals surface area contributed by atoms with Gasteiger partial charge in [0.1, 0.15) is 48.4 Å². The van der Waals surface area contributed by atoms with E-state index in [1.807, 2.05) is 165 Å². The number of carbonyl (C=O) groups excluding carboxylic acids is 1. The van der Waals surface area contributed by atoms with Gasteiger partial charge in [-0.05, 0) is 74.4 Å². The summed E-state index contributed by atoms with van der Waals surface area (Å²) >= 11 is 0. The highest BCUT2D eigenvalue weighted by molar-refractivity contribution is 6.99. The Morgan fingerprint density at radius 1 is 0.595 bits per heavy atom. The van der Waals surface area contributed by atoms with Crippen molar-refractivity contribution in [2.45, 2.75) is 127 Å². The number of hydrogen-bond donors (Lipinski definition) is 0. The van der Waals surface area contributed by atoms with E-state index < -0.39 is 86.8 Å². The molecule has 2 saturated heterocycles. The number of methoxy groups -OCH3 is 1. The number of carbonyl (C=O) groups is 1. The minimum Gasteiger partial charge on any atom is -0.497 e. The largest absolute Gasteiger partial charge is 0.497 e. The Hall–Kier alpha value is -7.28. The lowest BCUT2D eigenvalue weighted by Crippen LogP contribution is -2.69.